The smallest absolute Gasteiger partial charge is 0.445 e. The number of hydrogen-bond donors (Lipinski definition) is 0. The van der Waals surface area contributed by atoms with E-state index < -0.39 is 12.4 Å². The van der Waals surface area contributed by atoms with E-state index in [2.05, 4.69) is 6.58 Å². The highest BCUT2D eigenvalue weighted by Gasteiger charge is 2.27. The minimum atomic E-state index is -4.96. The highest BCUT2D eigenvalue weighted by molar-refractivity contribution is 6.66. The molecule has 0 amide bonds. The van der Waals surface area contributed by atoms with E-state index in [0.717, 1.165) is 18.5 Å². The number of unbranched alkanes of at least 4 members (excludes halogenated alkanes) is 1. The molecule has 1 aromatic carbocycles. The molecule has 5 heteroatoms. The Hall–Kier alpha value is -1.39. The highest BCUT2D eigenvalue weighted by atomic mass is 19.4. The van der Waals surface area contributed by atoms with Crippen molar-refractivity contribution in [1.82, 2.24) is 0 Å². The lowest BCUT2D eigenvalue weighted by molar-refractivity contribution is 0.487. The van der Waals surface area contributed by atoms with Crippen molar-refractivity contribution in [3.63, 3.8) is 0 Å². The molecule has 100 valence electrons. The van der Waals surface area contributed by atoms with Crippen molar-refractivity contribution in [3.05, 3.63) is 42.4 Å². The van der Waals surface area contributed by atoms with Gasteiger partial charge in [-0.05, 0) is 18.6 Å². The van der Waals surface area contributed by atoms with Crippen molar-refractivity contribution >= 4 is 12.7 Å². The Labute approximate surface area is 106 Å². The van der Waals surface area contributed by atoms with Crippen molar-refractivity contribution in [2.75, 3.05) is 18.0 Å². The van der Waals surface area contributed by atoms with Crippen LogP contribution in [0.1, 0.15) is 19.8 Å². The van der Waals surface area contributed by atoms with Crippen LogP contribution in [0.5, 0.6) is 0 Å². The van der Waals surface area contributed by atoms with E-state index >= 15 is 0 Å². The van der Waals surface area contributed by atoms with Gasteiger partial charge >= 0.3 is 6.98 Å². The van der Waals surface area contributed by atoms with E-state index in [-0.39, 0.29) is 6.54 Å². The van der Waals surface area contributed by atoms with E-state index in [1.165, 1.54) is 0 Å². The molecule has 0 bridgehead atoms. The molecule has 0 aliphatic rings. The molecule has 0 radical (unpaired) electrons. The Kier molecular flexibility index (Phi) is 5.32. The molecular weight excluding hydrogens is 238 g/mol. The summed E-state index contributed by atoms with van der Waals surface area (Å²) in [5, 5.41) is 0. The topological polar surface area (TPSA) is 3.24 Å². The van der Waals surface area contributed by atoms with Gasteiger partial charge in [0.1, 0.15) is 0 Å². The molecule has 1 nitrogen and oxygen atoms in total. The zero-order chi connectivity index (χ0) is 13.6. The summed E-state index contributed by atoms with van der Waals surface area (Å²) >= 11 is 0. The van der Waals surface area contributed by atoms with Crippen molar-refractivity contribution in [1.29, 1.82) is 0 Å². The average Bonchev–Trinajstić information content (AvgIpc) is 2.34. The van der Waals surface area contributed by atoms with E-state index in [1.54, 1.807) is 4.90 Å². The van der Waals surface area contributed by atoms with Gasteiger partial charge in [-0.3, -0.25) is 0 Å². The van der Waals surface area contributed by atoms with Crippen LogP contribution in [0.4, 0.5) is 18.6 Å². The van der Waals surface area contributed by atoms with Crippen LogP contribution in [-0.2, 0) is 0 Å². The maximum atomic E-state index is 12.6. The summed E-state index contributed by atoms with van der Waals surface area (Å²) in [5.74, 6) is 0. The number of anilines is 1. The first kappa shape index (κ1) is 14.7. The zero-order valence-electron chi connectivity index (χ0n) is 10.6. The summed E-state index contributed by atoms with van der Waals surface area (Å²) in [7, 11) is 0. The lowest BCUT2D eigenvalue weighted by atomic mass is 9.80. The molecule has 0 N–H and O–H groups in total. The SMILES string of the molecule is C=C(CN(CCCC)c1ccccc1)[B-](F)(F)F. The molecular formula is C13H18BF3N-. The minimum absolute atomic E-state index is 0.145. The molecule has 0 heterocycles. The number of nitrogens with zero attached hydrogens (tertiary/aromatic N) is 1. The molecule has 0 aliphatic carbocycles. The van der Waals surface area contributed by atoms with Crippen molar-refractivity contribution in [3.8, 4) is 0 Å². The second-order valence-electron chi connectivity index (χ2n) is 4.34. The van der Waals surface area contributed by atoms with Crippen LogP contribution < -0.4 is 4.90 Å². The Morgan fingerprint density at radius 3 is 2.33 bits per heavy atom. The first-order valence-electron chi connectivity index (χ1n) is 6.12. The summed E-state index contributed by atoms with van der Waals surface area (Å²) in [4.78, 5) is 1.74. The van der Waals surface area contributed by atoms with Gasteiger partial charge in [-0.1, -0.05) is 31.5 Å². The van der Waals surface area contributed by atoms with Gasteiger partial charge in [-0.2, -0.15) is 0 Å². The molecule has 1 rings (SSSR count). The standard InChI is InChI=1S/C13H18BF3N/c1-3-4-10-18(11-12(2)14(15,16)17)13-8-6-5-7-9-13/h5-9H,2-4,10-11H2,1H3/q-1. The first-order chi connectivity index (χ1) is 8.45. The number of hydrogen-bond acceptors (Lipinski definition) is 1. The summed E-state index contributed by atoms with van der Waals surface area (Å²) in [6.45, 7) is 0.696. The van der Waals surface area contributed by atoms with Gasteiger partial charge in [0.15, 0.2) is 0 Å². The monoisotopic (exact) mass is 256 g/mol. The van der Waals surface area contributed by atoms with Crippen molar-refractivity contribution in [2.45, 2.75) is 19.8 Å². The lowest BCUT2D eigenvalue weighted by Gasteiger charge is -2.29. The van der Waals surface area contributed by atoms with Gasteiger partial charge < -0.3 is 17.8 Å². The van der Waals surface area contributed by atoms with Gasteiger partial charge in [0, 0.05) is 18.8 Å². The maximum Gasteiger partial charge on any atom is 0.506 e. The molecule has 0 atom stereocenters. The third kappa shape index (κ3) is 4.47. The summed E-state index contributed by atoms with van der Waals surface area (Å²) in [5.41, 5.74) is 0.169. The number of rotatable bonds is 7. The maximum absolute atomic E-state index is 12.6. The lowest BCUT2D eigenvalue weighted by Crippen LogP contribution is -2.33. The van der Waals surface area contributed by atoms with Crippen LogP contribution in [-0.4, -0.2) is 20.1 Å². The van der Waals surface area contributed by atoms with Crippen LogP contribution in [0.15, 0.2) is 42.4 Å². The van der Waals surface area contributed by atoms with Gasteiger partial charge in [-0.15, -0.1) is 12.1 Å². The summed E-state index contributed by atoms with van der Waals surface area (Å²) in [6, 6.07) is 9.16. The predicted molar refractivity (Wildman–Crippen MR) is 71.8 cm³/mol. The van der Waals surface area contributed by atoms with Crippen LogP contribution in [0.3, 0.4) is 0 Å². The van der Waals surface area contributed by atoms with Crippen LogP contribution in [0, 0.1) is 0 Å². The fraction of sp³-hybridized carbons (Fsp3) is 0.385. The number of halogens is 3. The molecule has 0 fully saturated rings. The van der Waals surface area contributed by atoms with E-state index in [4.69, 9.17) is 0 Å². The fourth-order valence-corrected chi connectivity index (χ4v) is 1.64. The molecule has 0 aromatic heterocycles. The van der Waals surface area contributed by atoms with Crippen LogP contribution >= 0.6 is 0 Å². The highest BCUT2D eigenvalue weighted by Crippen LogP contribution is 2.22. The number of benzene rings is 1. The predicted octanol–water partition coefficient (Wildman–Crippen LogP) is 4.24. The van der Waals surface area contributed by atoms with E-state index in [9.17, 15) is 12.9 Å². The Bertz CT molecular complexity index is 376. The fourth-order valence-electron chi connectivity index (χ4n) is 1.64. The largest absolute Gasteiger partial charge is 0.506 e. The molecule has 0 aliphatic heterocycles. The quantitative estimate of drug-likeness (QED) is 0.659. The summed E-state index contributed by atoms with van der Waals surface area (Å²) in [6.07, 6.45) is 1.82. The average molecular weight is 256 g/mol. The van der Waals surface area contributed by atoms with Crippen molar-refractivity contribution < 1.29 is 12.9 Å². The number of para-hydroxylation sites is 1. The minimum Gasteiger partial charge on any atom is -0.445 e. The van der Waals surface area contributed by atoms with E-state index in [1.807, 2.05) is 37.3 Å². The Morgan fingerprint density at radius 2 is 1.83 bits per heavy atom. The summed E-state index contributed by atoms with van der Waals surface area (Å²) < 4.78 is 37.8. The Balaban J connectivity index is 2.77. The second kappa shape index (κ2) is 6.52. The molecule has 18 heavy (non-hydrogen) atoms. The van der Waals surface area contributed by atoms with Gasteiger partial charge in [0.2, 0.25) is 0 Å². The molecule has 0 saturated carbocycles. The third-order valence-corrected chi connectivity index (χ3v) is 2.76. The first-order valence-corrected chi connectivity index (χ1v) is 6.12. The third-order valence-electron chi connectivity index (χ3n) is 2.76. The zero-order valence-corrected chi connectivity index (χ0v) is 10.6. The van der Waals surface area contributed by atoms with Gasteiger partial charge in [-0.25, -0.2) is 0 Å². The normalized spacial score (nSPS) is 11.3. The molecule has 0 saturated heterocycles. The van der Waals surface area contributed by atoms with Gasteiger partial charge in [0.25, 0.3) is 0 Å². The van der Waals surface area contributed by atoms with Crippen molar-refractivity contribution in [2.24, 2.45) is 0 Å². The van der Waals surface area contributed by atoms with E-state index in [0.29, 0.717) is 6.54 Å². The van der Waals surface area contributed by atoms with Crippen LogP contribution in [0.2, 0.25) is 0 Å². The Morgan fingerprint density at radius 1 is 1.22 bits per heavy atom. The molecule has 1 aromatic rings. The molecule has 0 unspecified atom stereocenters. The van der Waals surface area contributed by atoms with Crippen LogP contribution in [0.25, 0.3) is 0 Å². The second-order valence-corrected chi connectivity index (χ2v) is 4.34. The molecule has 0 spiro atoms. The van der Waals surface area contributed by atoms with Gasteiger partial charge in [0.05, 0.1) is 0 Å².